The minimum atomic E-state index is 0.601. The molecule has 0 fully saturated rings. The molecule has 3 aromatic heterocycles. The van der Waals surface area contributed by atoms with Crippen LogP contribution in [0.2, 0.25) is 5.02 Å². The van der Waals surface area contributed by atoms with E-state index in [4.69, 9.17) is 16.6 Å². The van der Waals surface area contributed by atoms with Crippen molar-refractivity contribution in [3.05, 3.63) is 73.9 Å². The number of rotatable bonds is 4. The van der Waals surface area contributed by atoms with Gasteiger partial charge >= 0.3 is 0 Å². The highest BCUT2D eigenvalue weighted by Crippen LogP contribution is 2.35. The lowest BCUT2D eigenvalue weighted by Crippen LogP contribution is -2.07. The van der Waals surface area contributed by atoms with E-state index in [1.54, 1.807) is 6.20 Å². The van der Waals surface area contributed by atoms with Gasteiger partial charge in [0.05, 0.1) is 11.2 Å². The summed E-state index contributed by atoms with van der Waals surface area (Å²) >= 11 is 12.3. The summed E-state index contributed by atoms with van der Waals surface area (Å²) in [5.41, 5.74) is 3.43. The fourth-order valence-corrected chi connectivity index (χ4v) is 4.46. The van der Waals surface area contributed by atoms with Crippen LogP contribution in [-0.4, -0.2) is 19.4 Å². The summed E-state index contributed by atoms with van der Waals surface area (Å²) in [5, 5.41) is 4.02. The number of anilines is 1. The maximum atomic E-state index is 6.40. The van der Waals surface area contributed by atoms with Crippen LogP contribution < -0.4 is 5.32 Å². The molecule has 0 aliphatic rings. The molecule has 130 valence electrons. The Labute approximate surface area is 177 Å². The molecule has 4 aromatic rings. The molecule has 0 aliphatic heterocycles. The Morgan fingerprint density at radius 3 is 2.77 bits per heavy atom. The molecular weight excluding hydrogens is 528 g/mol. The highest BCUT2D eigenvalue weighted by Gasteiger charge is 2.18. The van der Waals surface area contributed by atoms with Gasteiger partial charge in [0.15, 0.2) is 11.5 Å². The summed E-state index contributed by atoms with van der Waals surface area (Å²) in [6.07, 6.45) is 5.40. The summed E-state index contributed by atoms with van der Waals surface area (Å²) < 4.78 is 3.80. The second-order valence-corrected chi connectivity index (χ2v) is 7.80. The third-order valence-electron chi connectivity index (χ3n) is 3.86. The summed E-state index contributed by atoms with van der Waals surface area (Å²) in [6, 6.07) is 11.6. The lowest BCUT2D eigenvalue weighted by atomic mass is 10.1. The number of halogens is 3. The van der Waals surface area contributed by atoms with Gasteiger partial charge in [-0.25, -0.2) is 9.97 Å². The van der Waals surface area contributed by atoms with Gasteiger partial charge in [0.2, 0.25) is 0 Å². The van der Waals surface area contributed by atoms with E-state index in [2.05, 4.69) is 53.8 Å². The van der Waals surface area contributed by atoms with Crippen LogP contribution >= 0.6 is 50.1 Å². The Kier molecular flexibility index (Phi) is 5.10. The monoisotopic (exact) mass is 539 g/mol. The molecule has 0 aliphatic carbocycles. The average Bonchev–Trinajstić information content (AvgIpc) is 3.05. The first-order chi connectivity index (χ1) is 12.6. The summed E-state index contributed by atoms with van der Waals surface area (Å²) in [5.74, 6) is 0.690. The third-order valence-corrected chi connectivity index (χ3v) is 5.68. The number of pyridine rings is 1. The van der Waals surface area contributed by atoms with Crippen LogP contribution in [0.5, 0.6) is 0 Å². The van der Waals surface area contributed by atoms with Crippen molar-refractivity contribution < 1.29 is 0 Å². The molecule has 3 heterocycles. The zero-order valence-electron chi connectivity index (χ0n) is 13.3. The highest BCUT2D eigenvalue weighted by atomic mass is 127. The van der Waals surface area contributed by atoms with Gasteiger partial charge in [0.1, 0.15) is 14.0 Å². The second kappa shape index (κ2) is 7.50. The predicted molar refractivity (Wildman–Crippen MR) is 115 cm³/mol. The van der Waals surface area contributed by atoms with E-state index in [0.717, 1.165) is 30.8 Å². The van der Waals surface area contributed by atoms with Crippen LogP contribution in [0.15, 0.2) is 59.6 Å². The first-order valence-corrected chi connectivity index (χ1v) is 10.0. The smallest absolute Gasteiger partial charge is 0.181 e. The number of imidazole rings is 1. The van der Waals surface area contributed by atoms with E-state index in [1.165, 1.54) is 0 Å². The number of benzene rings is 1. The van der Waals surface area contributed by atoms with E-state index in [-0.39, 0.29) is 0 Å². The lowest BCUT2D eigenvalue weighted by molar-refractivity contribution is 1.03. The molecular formula is C18H12BrClIN5. The Morgan fingerprint density at radius 1 is 1.15 bits per heavy atom. The van der Waals surface area contributed by atoms with Crippen molar-refractivity contribution in [2.24, 2.45) is 0 Å². The van der Waals surface area contributed by atoms with Crippen LogP contribution in [0.25, 0.3) is 16.9 Å². The summed E-state index contributed by atoms with van der Waals surface area (Å²) in [6.45, 7) is 0.601. The van der Waals surface area contributed by atoms with E-state index in [0.29, 0.717) is 17.4 Å². The number of nitrogens with zero attached hydrogens (tertiary/aromatic N) is 4. The number of aromatic nitrogens is 4. The first kappa shape index (κ1) is 17.7. The second-order valence-electron chi connectivity index (χ2n) is 5.53. The normalized spacial score (nSPS) is 11.0. The van der Waals surface area contributed by atoms with Crippen molar-refractivity contribution in [2.45, 2.75) is 6.54 Å². The Hall–Kier alpha value is -1.71. The van der Waals surface area contributed by atoms with E-state index in [9.17, 15) is 0 Å². The van der Waals surface area contributed by atoms with E-state index < -0.39 is 0 Å². The molecule has 0 radical (unpaired) electrons. The molecule has 1 aromatic carbocycles. The molecule has 8 heteroatoms. The minimum absolute atomic E-state index is 0.601. The molecule has 5 nitrogen and oxygen atoms in total. The van der Waals surface area contributed by atoms with Gasteiger partial charge in [-0.3, -0.25) is 9.38 Å². The van der Waals surface area contributed by atoms with Crippen molar-refractivity contribution in [1.82, 2.24) is 19.4 Å². The van der Waals surface area contributed by atoms with Gasteiger partial charge in [0.25, 0.3) is 0 Å². The number of fused-ring (bicyclic) bond motifs is 1. The van der Waals surface area contributed by atoms with Crippen LogP contribution in [0.1, 0.15) is 5.56 Å². The maximum absolute atomic E-state index is 6.40. The van der Waals surface area contributed by atoms with Gasteiger partial charge < -0.3 is 5.32 Å². The number of nitrogens with one attached hydrogen (secondary N) is 1. The van der Waals surface area contributed by atoms with Gasteiger partial charge in [-0.15, -0.1) is 0 Å². The van der Waals surface area contributed by atoms with Crippen molar-refractivity contribution in [1.29, 1.82) is 0 Å². The molecule has 0 spiro atoms. The van der Waals surface area contributed by atoms with Crippen LogP contribution in [-0.2, 0) is 6.54 Å². The highest BCUT2D eigenvalue weighted by molar-refractivity contribution is 14.1. The zero-order chi connectivity index (χ0) is 18.1. The van der Waals surface area contributed by atoms with E-state index in [1.807, 2.05) is 53.2 Å². The van der Waals surface area contributed by atoms with Crippen molar-refractivity contribution >= 4 is 61.6 Å². The summed E-state index contributed by atoms with van der Waals surface area (Å²) in [7, 11) is 0. The van der Waals surface area contributed by atoms with Gasteiger partial charge in [-0.2, -0.15) is 0 Å². The molecule has 0 bridgehead atoms. The van der Waals surface area contributed by atoms with Crippen molar-refractivity contribution in [2.75, 3.05) is 5.32 Å². The van der Waals surface area contributed by atoms with Crippen LogP contribution in [0.4, 0.5) is 5.82 Å². The molecule has 0 unspecified atom stereocenters. The molecule has 1 N–H and O–H groups in total. The third kappa shape index (κ3) is 3.30. The average molecular weight is 541 g/mol. The Morgan fingerprint density at radius 2 is 2.00 bits per heavy atom. The molecule has 0 atom stereocenters. The topological polar surface area (TPSA) is 55.1 Å². The Bertz CT molecular complexity index is 1080. The Balaban J connectivity index is 1.84. The zero-order valence-corrected chi connectivity index (χ0v) is 17.8. The number of hydrogen-bond acceptors (Lipinski definition) is 4. The van der Waals surface area contributed by atoms with Gasteiger partial charge in [0, 0.05) is 24.5 Å². The van der Waals surface area contributed by atoms with Crippen LogP contribution in [0, 0.1) is 3.70 Å². The minimum Gasteiger partial charge on any atom is -0.363 e. The molecule has 0 saturated heterocycles. The fourth-order valence-electron chi connectivity index (χ4n) is 2.63. The van der Waals surface area contributed by atoms with Crippen LogP contribution in [0.3, 0.4) is 0 Å². The SMILES string of the molecule is Clc1ccccc1-c1nc(NCc2cccnc2)c2ncc(I)n2c1Br. The van der Waals surface area contributed by atoms with Crippen molar-refractivity contribution in [3.8, 4) is 11.3 Å². The lowest BCUT2D eigenvalue weighted by Gasteiger charge is -2.13. The molecule has 0 saturated carbocycles. The largest absolute Gasteiger partial charge is 0.363 e. The standard InChI is InChI=1S/C18H12BrClIN5/c19-16-15(12-5-1-2-6-13(12)20)25-17(18-24-10-14(21)26(16)18)23-9-11-4-3-7-22-8-11/h1-8,10H,9H2,(H,23,25). The number of hydrogen-bond donors (Lipinski definition) is 1. The van der Waals surface area contributed by atoms with Gasteiger partial charge in [-0.05, 0) is 56.2 Å². The quantitative estimate of drug-likeness (QED) is 0.351. The van der Waals surface area contributed by atoms with Gasteiger partial charge in [-0.1, -0.05) is 35.9 Å². The molecule has 26 heavy (non-hydrogen) atoms. The maximum Gasteiger partial charge on any atom is 0.181 e. The van der Waals surface area contributed by atoms with E-state index >= 15 is 0 Å². The molecule has 4 rings (SSSR count). The molecule has 0 amide bonds. The van der Waals surface area contributed by atoms with Crippen molar-refractivity contribution in [3.63, 3.8) is 0 Å². The summed E-state index contributed by atoms with van der Waals surface area (Å²) in [4.78, 5) is 13.5. The first-order valence-electron chi connectivity index (χ1n) is 7.75. The fraction of sp³-hybridized carbons (Fsp3) is 0.0556. The predicted octanol–water partition coefficient (Wildman–Crippen LogP) is 5.42.